The molecule has 2 unspecified atom stereocenters. The van der Waals surface area contributed by atoms with Gasteiger partial charge in [-0.2, -0.15) is 8.42 Å². The number of methoxy groups -OCH3 is 1. The first-order valence-corrected chi connectivity index (χ1v) is 13.3. The zero-order valence-corrected chi connectivity index (χ0v) is 21.6. The van der Waals surface area contributed by atoms with Gasteiger partial charge in [0.25, 0.3) is 16.0 Å². The van der Waals surface area contributed by atoms with E-state index in [1.807, 2.05) is 55.5 Å². The molecule has 3 aromatic rings. The van der Waals surface area contributed by atoms with Gasteiger partial charge in [-0.25, -0.2) is 4.99 Å². The molecule has 2 atom stereocenters. The highest BCUT2D eigenvalue weighted by Gasteiger charge is 2.49. The van der Waals surface area contributed by atoms with Gasteiger partial charge in [-0.1, -0.05) is 54.6 Å². The van der Waals surface area contributed by atoms with E-state index in [2.05, 4.69) is 4.99 Å². The quantitative estimate of drug-likeness (QED) is 0.411. The Morgan fingerprint density at radius 3 is 2.24 bits per heavy atom. The Kier molecular flexibility index (Phi) is 7.35. The number of amides is 1. The number of aliphatic imine (C=N–C) groups is 1. The van der Waals surface area contributed by atoms with E-state index in [4.69, 9.17) is 15.2 Å². The summed E-state index contributed by atoms with van der Waals surface area (Å²) < 4.78 is 42.9. The first-order chi connectivity index (χ1) is 17.6. The number of nitrogens with two attached hydrogens (primary N) is 1. The number of likely N-dealkylation sites (N-methyl/N-ethyl adjacent to an activating group) is 1. The summed E-state index contributed by atoms with van der Waals surface area (Å²) in [6, 6.07) is 21.9. The third-order valence-corrected chi connectivity index (χ3v) is 7.07. The van der Waals surface area contributed by atoms with Gasteiger partial charge in [-0.15, -0.1) is 0 Å². The number of ether oxygens (including phenoxy) is 2. The third-order valence-electron chi connectivity index (χ3n) is 6.35. The third kappa shape index (κ3) is 5.22. The molecule has 0 bridgehead atoms. The number of benzene rings is 3. The SMILES string of the molecule is CCOc1cccc(-c2cccc(C3(c4ccc(C(CS(=O)(=O)O)OC)cc4)N=C(N)N(C)C3=O)c2)c1. The van der Waals surface area contributed by atoms with Crippen LogP contribution in [0.3, 0.4) is 0 Å². The summed E-state index contributed by atoms with van der Waals surface area (Å²) >= 11 is 0. The second kappa shape index (κ2) is 10.3. The number of carbonyl (C=O) groups excluding carboxylic acids is 1. The number of hydrogen-bond acceptors (Lipinski definition) is 7. The van der Waals surface area contributed by atoms with Gasteiger partial charge < -0.3 is 15.2 Å². The van der Waals surface area contributed by atoms with Crippen molar-refractivity contribution < 1.29 is 27.2 Å². The normalized spacial score (nSPS) is 18.5. The van der Waals surface area contributed by atoms with Gasteiger partial charge in [0.05, 0.1) is 12.7 Å². The molecule has 0 aromatic heterocycles. The predicted octanol–water partition coefficient (Wildman–Crippen LogP) is 3.36. The molecular formula is C27H29N3O6S. The van der Waals surface area contributed by atoms with Crippen LogP contribution in [0, 0.1) is 0 Å². The first-order valence-electron chi connectivity index (χ1n) is 11.6. The fraction of sp³-hybridized carbons (Fsp3) is 0.259. The van der Waals surface area contributed by atoms with Crippen molar-refractivity contribution in [1.82, 2.24) is 4.90 Å². The fourth-order valence-corrected chi connectivity index (χ4v) is 5.18. The van der Waals surface area contributed by atoms with Gasteiger partial charge in [0.15, 0.2) is 11.5 Å². The summed E-state index contributed by atoms with van der Waals surface area (Å²) in [7, 11) is -1.33. The molecule has 0 fully saturated rings. The average molecular weight is 524 g/mol. The molecule has 1 heterocycles. The van der Waals surface area contributed by atoms with Crippen LogP contribution >= 0.6 is 0 Å². The highest BCUT2D eigenvalue weighted by Crippen LogP contribution is 2.41. The molecule has 3 aromatic carbocycles. The summed E-state index contributed by atoms with van der Waals surface area (Å²) in [5.74, 6) is -0.0886. The number of carbonyl (C=O) groups is 1. The standard InChI is InChI=1S/C27H29N3O6S/c1-4-36-23-10-6-8-20(16-23)19-7-5-9-22(15-19)27(25(31)30(2)26(28)29-27)21-13-11-18(12-14-21)24(35-3)17-37(32,33)34/h5-16,24H,4,17H2,1-3H3,(H2,28,29)(H,32,33,34). The minimum Gasteiger partial charge on any atom is -0.494 e. The van der Waals surface area contributed by atoms with Crippen LogP contribution in [0.4, 0.5) is 0 Å². The molecule has 1 amide bonds. The van der Waals surface area contributed by atoms with Crippen molar-refractivity contribution in [2.75, 3.05) is 26.5 Å². The first kappa shape index (κ1) is 26.3. The van der Waals surface area contributed by atoms with Crippen molar-refractivity contribution in [2.24, 2.45) is 10.7 Å². The Morgan fingerprint density at radius 1 is 1.03 bits per heavy atom. The van der Waals surface area contributed by atoms with Crippen molar-refractivity contribution in [2.45, 2.75) is 18.6 Å². The Hall–Kier alpha value is -3.73. The molecule has 1 aliphatic rings. The summed E-state index contributed by atoms with van der Waals surface area (Å²) in [6.07, 6.45) is -0.878. The van der Waals surface area contributed by atoms with E-state index >= 15 is 0 Å². The Labute approximate surface area is 216 Å². The highest BCUT2D eigenvalue weighted by atomic mass is 32.2. The van der Waals surface area contributed by atoms with Crippen LogP contribution in [-0.4, -0.2) is 56.3 Å². The van der Waals surface area contributed by atoms with Gasteiger partial charge in [-0.05, 0) is 52.9 Å². The van der Waals surface area contributed by atoms with Crippen LogP contribution in [0.1, 0.15) is 29.7 Å². The molecule has 0 saturated carbocycles. The zero-order valence-electron chi connectivity index (χ0n) is 20.8. The van der Waals surface area contributed by atoms with E-state index in [0.29, 0.717) is 23.3 Å². The largest absolute Gasteiger partial charge is 0.494 e. The molecule has 10 heteroatoms. The van der Waals surface area contributed by atoms with Gasteiger partial charge in [0.1, 0.15) is 11.5 Å². The van der Waals surface area contributed by atoms with Crippen LogP contribution in [0.25, 0.3) is 11.1 Å². The van der Waals surface area contributed by atoms with Crippen molar-refractivity contribution >= 4 is 22.0 Å². The molecule has 3 N–H and O–H groups in total. The lowest BCUT2D eigenvalue weighted by molar-refractivity contribution is -0.129. The van der Waals surface area contributed by atoms with E-state index in [9.17, 15) is 17.8 Å². The monoisotopic (exact) mass is 523 g/mol. The number of hydrogen-bond donors (Lipinski definition) is 2. The van der Waals surface area contributed by atoms with Gasteiger partial charge in [0.2, 0.25) is 0 Å². The fourth-order valence-electron chi connectivity index (χ4n) is 4.47. The van der Waals surface area contributed by atoms with Crippen LogP contribution < -0.4 is 10.5 Å². The van der Waals surface area contributed by atoms with Gasteiger partial charge in [0, 0.05) is 14.2 Å². The lowest BCUT2D eigenvalue weighted by atomic mass is 9.81. The molecule has 9 nitrogen and oxygen atoms in total. The predicted molar refractivity (Wildman–Crippen MR) is 141 cm³/mol. The van der Waals surface area contributed by atoms with E-state index in [1.165, 1.54) is 12.0 Å². The van der Waals surface area contributed by atoms with Gasteiger partial charge >= 0.3 is 0 Å². The number of guanidine groups is 1. The molecule has 0 radical (unpaired) electrons. The van der Waals surface area contributed by atoms with Crippen LogP contribution in [0.5, 0.6) is 5.75 Å². The van der Waals surface area contributed by atoms with Crippen molar-refractivity contribution in [3.05, 3.63) is 89.5 Å². The van der Waals surface area contributed by atoms with Crippen LogP contribution in [0.15, 0.2) is 77.8 Å². The second-order valence-electron chi connectivity index (χ2n) is 8.68. The molecule has 0 saturated heterocycles. The molecule has 0 spiro atoms. The summed E-state index contributed by atoms with van der Waals surface area (Å²) in [4.78, 5) is 19.6. The summed E-state index contributed by atoms with van der Waals surface area (Å²) in [6.45, 7) is 2.47. The number of nitrogens with zero attached hydrogens (tertiary/aromatic N) is 2. The Balaban J connectivity index is 1.81. The molecule has 4 rings (SSSR count). The maximum Gasteiger partial charge on any atom is 0.267 e. The molecule has 194 valence electrons. The van der Waals surface area contributed by atoms with Crippen LogP contribution in [-0.2, 0) is 25.2 Å². The minimum absolute atomic E-state index is 0.0824. The Morgan fingerprint density at radius 2 is 1.68 bits per heavy atom. The van der Waals surface area contributed by atoms with Crippen molar-refractivity contribution in [1.29, 1.82) is 0 Å². The van der Waals surface area contributed by atoms with E-state index in [1.54, 1.807) is 31.3 Å². The zero-order chi connectivity index (χ0) is 26.8. The maximum absolute atomic E-state index is 13.7. The smallest absolute Gasteiger partial charge is 0.267 e. The average Bonchev–Trinajstić information content (AvgIpc) is 3.12. The lowest BCUT2D eigenvalue weighted by Crippen LogP contribution is -2.41. The molecular weight excluding hydrogens is 494 g/mol. The maximum atomic E-state index is 13.7. The summed E-state index contributed by atoms with van der Waals surface area (Å²) in [5, 5.41) is 0. The molecule has 1 aliphatic heterocycles. The lowest BCUT2D eigenvalue weighted by Gasteiger charge is -2.27. The summed E-state index contributed by atoms with van der Waals surface area (Å²) in [5.41, 5.74) is 8.17. The second-order valence-corrected chi connectivity index (χ2v) is 10.2. The number of rotatable bonds is 9. The van der Waals surface area contributed by atoms with Crippen LogP contribution in [0.2, 0.25) is 0 Å². The van der Waals surface area contributed by atoms with E-state index in [-0.39, 0.29) is 11.9 Å². The highest BCUT2D eigenvalue weighted by molar-refractivity contribution is 7.85. The Bertz CT molecular complexity index is 1440. The minimum atomic E-state index is -4.26. The van der Waals surface area contributed by atoms with Crippen molar-refractivity contribution in [3.8, 4) is 16.9 Å². The molecule has 0 aliphatic carbocycles. The van der Waals surface area contributed by atoms with Crippen molar-refractivity contribution in [3.63, 3.8) is 0 Å². The van der Waals surface area contributed by atoms with Gasteiger partial charge in [-0.3, -0.25) is 14.2 Å². The topological polar surface area (TPSA) is 132 Å². The van der Waals surface area contributed by atoms with E-state index < -0.39 is 27.5 Å². The molecule has 37 heavy (non-hydrogen) atoms. The van der Waals surface area contributed by atoms with E-state index in [0.717, 1.165) is 16.9 Å².